The molecule has 4 heteroatoms. The maximum atomic E-state index is 10.7. The van der Waals surface area contributed by atoms with Gasteiger partial charge in [0, 0.05) is 0 Å². The van der Waals surface area contributed by atoms with Crippen LogP contribution in [-0.4, -0.2) is 17.0 Å². The molecule has 0 saturated heterocycles. The topological polar surface area (TPSA) is 52.3 Å². The van der Waals surface area contributed by atoms with Crippen molar-refractivity contribution < 1.29 is 9.53 Å². The molecular formula is C5H10BrNO2. The SMILES string of the molecule is CC(C)(Br)C(=O)OCN. The molecule has 0 aromatic rings. The molecule has 0 rings (SSSR count). The molecule has 0 aromatic heterocycles. The first-order valence-electron chi connectivity index (χ1n) is 2.54. The van der Waals surface area contributed by atoms with E-state index in [-0.39, 0.29) is 12.7 Å². The van der Waals surface area contributed by atoms with Crippen LogP contribution in [0, 0.1) is 0 Å². The summed E-state index contributed by atoms with van der Waals surface area (Å²) in [4.78, 5) is 10.7. The Morgan fingerprint density at radius 1 is 1.78 bits per heavy atom. The van der Waals surface area contributed by atoms with Gasteiger partial charge in [0.15, 0.2) is 0 Å². The molecule has 0 bridgehead atoms. The molecule has 0 spiro atoms. The van der Waals surface area contributed by atoms with Crippen molar-refractivity contribution in [2.75, 3.05) is 6.73 Å². The Morgan fingerprint density at radius 3 is 2.33 bits per heavy atom. The van der Waals surface area contributed by atoms with E-state index in [0.29, 0.717) is 0 Å². The predicted molar refractivity (Wildman–Crippen MR) is 38.2 cm³/mol. The second-order valence-corrected chi connectivity index (χ2v) is 4.05. The molecule has 0 aliphatic rings. The van der Waals surface area contributed by atoms with Crippen LogP contribution in [-0.2, 0) is 9.53 Å². The highest BCUT2D eigenvalue weighted by Gasteiger charge is 2.24. The highest BCUT2D eigenvalue weighted by Crippen LogP contribution is 2.16. The van der Waals surface area contributed by atoms with Gasteiger partial charge in [-0.05, 0) is 13.8 Å². The van der Waals surface area contributed by atoms with Gasteiger partial charge in [0.05, 0.1) is 0 Å². The summed E-state index contributed by atoms with van der Waals surface area (Å²) in [6, 6.07) is 0. The summed E-state index contributed by atoms with van der Waals surface area (Å²) in [7, 11) is 0. The fourth-order valence-electron chi connectivity index (χ4n) is 0.247. The van der Waals surface area contributed by atoms with Crippen LogP contribution < -0.4 is 5.73 Å². The summed E-state index contributed by atoms with van der Waals surface area (Å²) < 4.78 is 3.88. The number of hydrogen-bond acceptors (Lipinski definition) is 3. The van der Waals surface area contributed by atoms with Gasteiger partial charge in [0.2, 0.25) is 0 Å². The highest BCUT2D eigenvalue weighted by molar-refractivity contribution is 9.10. The minimum Gasteiger partial charge on any atom is -0.449 e. The molecule has 0 radical (unpaired) electrons. The largest absolute Gasteiger partial charge is 0.449 e. The van der Waals surface area contributed by atoms with E-state index < -0.39 is 4.32 Å². The van der Waals surface area contributed by atoms with E-state index in [4.69, 9.17) is 5.73 Å². The lowest BCUT2D eigenvalue weighted by Gasteiger charge is -2.12. The predicted octanol–water partition coefficient (Wildman–Crippen LogP) is 0.619. The van der Waals surface area contributed by atoms with Crippen molar-refractivity contribution in [2.24, 2.45) is 5.73 Å². The molecule has 0 aromatic carbocycles. The summed E-state index contributed by atoms with van der Waals surface area (Å²) in [5, 5.41) is 0. The van der Waals surface area contributed by atoms with E-state index in [0.717, 1.165) is 0 Å². The smallest absolute Gasteiger partial charge is 0.323 e. The van der Waals surface area contributed by atoms with E-state index in [1.54, 1.807) is 13.8 Å². The fraction of sp³-hybridized carbons (Fsp3) is 0.800. The Hall–Kier alpha value is -0.0900. The molecule has 0 aliphatic carbocycles. The van der Waals surface area contributed by atoms with Crippen LogP contribution in [0.1, 0.15) is 13.8 Å². The van der Waals surface area contributed by atoms with Crippen molar-refractivity contribution in [1.82, 2.24) is 0 Å². The molecule has 0 heterocycles. The Morgan fingerprint density at radius 2 is 2.22 bits per heavy atom. The zero-order valence-electron chi connectivity index (χ0n) is 5.48. The summed E-state index contributed by atoms with van der Waals surface area (Å²) >= 11 is 3.11. The lowest BCUT2D eigenvalue weighted by Crippen LogP contribution is -2.28. The van der Waals surface area contributed by atoms with Crippen molar-refractivity contribution >= 4 is 21.9 Å². The number of carbonyl (C=O) groups excluding carboxylic acids is 1. The lowest BCUT2D eigenvalue weighted by molar-refractivity contribution is -0.145. The van der Waals surface area contributed by atoms with E-state index in [1.165, 1.54) is 0 Å². The molecule has 0 unspecified atom stereocenters. The first-order valence-corrected chi connectivity index (χ1v) is 3.34. The molecule has 0 aliphatic heterocycles. The van der Waals surface area contributed by atoms with Crippen LogP contribution in [0.4, 0.5) is 0 Å². The molecule has 2 N–H and O–H groups in total. The molecule has 0 atom stereocenters. The Labute approximate surface area is 62.7 Å². The highest BCUT2D eigenvalue weighted by atomic mass is 79.9. The van der Waals surface area contributed by atoms with Crippen LogP contribution >= 0.6 is 15.9 Å². The van der Waals surface area contributed by atoms with Gasteiger partial charge in [-0.15, -0.1) is 0 Å². The Balaban J connectivity index is 3.74. The average molecular weight is 196 g/mol. The van der Waals surface area contributed by atoms with Crippen molar-refractivity contribution in [3.8, 4) is 0 Å². The summed E-state index contributed by atoms with van der Waals surface area (Å²) in [5.41, 5.74) is 4.96. The van der Waals surface area contributed by atoms with Crippen LogP contribution in [0.2, 0.25) is 0 Å². The quantitative estimate of drug-likeness (QED) is 0.400. The summed E-state index contributed by atoms with van der Waals surface area (Å²) in [6.07, 6.45) is 0. The second-order valence-electron chi connectivity index (χ2n) is 2.07. The zero-order chi connectivity index (χ0) is 7.49. The van der Waals surface area contributed by atoms with Gasteiger partial charge in [-0.1, -0.05) is 15.9 Å². The number of carbonyl (C=O) groups is 1. The van der Waals surface area contributed by atoms with Crippen LogP contribution in [0.3, 0.4) is 0 Å². The number of hydrogen-bond donors (Lipinski definition) is 1. The van der Waals surface area contributed by atoms with Gasteiger partial charge in [-0.3, -0.25) is 10.5 Å². The molecule has 0 fully saturated rings. The van der Waals surface area contributed by atoms with Crippen molar-refractivity contribution in [3.05, 3.63) is 0 Å². The standard InChI is InChI=1S/C5H10BrNO2/c1-5(2,6)4(8)9-3-7/h3,7H2,1-2H3. The zero-order valence-corrected chi connectivity index (χ0v) is 7.06. The van der Waals surface area contributed by atoms with Gasteiger partial charge in [0.1, 0.15) is 11.1 Å². The number of alkyl halides is 1. The molecule has 0 saturated carbocycles. The van der Waals surface area contributed by atoms with E-state index in [2.05, 4.69) is 20.7 Å². The Kier molecular flexibility index (Phi) is 3.14. The summed E-state index contributed by atoms with van der Waals surface area (Å²) in [6.45, 7) is 3.34. The minimum atomic E-state index is -0.619. The van der Waals surface area contributed by atoms with Crippen LogP contribution in [0.5, 0.6) is 0 Å². The second kappa shape index (κ2) is 3.17. The van der Waals surface area contributed by atoms with Gasteiger partial charge in [-0.25, -0.2) is 0 Å². The van der Waals surface area contributed by atoms with Crippen LogP contribution in [0.15, 0.2) is 0 Å². The van der Waals surface area contributed by atoms with Gasteiger partial charge in [0.25, 0.3) is 0 Å². The molecule has 3 nitrogen and oxygen atoms in total. The first kappa shape index (κ1) is 8.91. The average Bonchev–Trinajstić information content (AvgIpc) is 1.64. The van der Waals surface area contributed by atoms with Crippen LogP contribution in [0.25, 0.3) is 0 Å². The first-order chi connectivity index (χ1) is 3.98. The molecule has 9 heavy (non-hydrogen) atoms. The summed E-state index contributed by atoms with van der Waals surface area (Å²) in [5.74, 6) is -0.343. The third kappa shape index (κ3) is 3.48. The number of nitrogens with two attached hydrogens (primary N) is 1. The third-order valence-corrected chi connectivity index (χ3v) is 1.02. The van der Waals surface area contributed by atoms with Crippen molar-refractivity contribution in [3.63, 3.8) is 0 Å². The lowest BCUT2D eigenvalue weighted by atomic mass is 10.2. The minimum absolute atomic E-state index is 0.0616. The molecular weight excluding hydrogens is 186 g/mol. The van der Waals surface area contributed by atoms with Gasteiger partial charge >= 0.3 is 5.97 Å². The monoisotopic (exact) mass is 195 g/mol. The van der Waals surface area contributed by atoms with Crippen molar-refractivity contribution in [2.45, 2.75) is 18.2 Å². The van der Waals surface area contributed by atoms with E-state index in [1.807, 2.05) is 0 Å². The van der Waals surface area contributed by atoms with Gasteiger partial charge in [-0.2, -0.15) is 0 Å². The maximum absolute atomic E-state index is 10.7. The normalized spacial score (nSPS) is 11.1. The number of halogens is 1. The van der Waals surface area contributed by atoms with Crippen molar-refractivity contribution in [1.29, 1.82) is 0 Å². The third-order valence-electron chi connectivity index (χ3n) is 0.700. The molecule has 0 amide bonds. The number of rotatable bonds is 2. The molecule has 54 valence electrons. The van der Waals surface area contributed by atoms with E-state index in [9.17, 15) is 4.79 Å². The maximum Gasteiger partial charge on any atom is 0.323 e. The van der Waals surface area contributed by atoms with E-state index >= 15 is 0 Å². The Bertz CT molecular complexity index is 108. The number of esters is 1. The fourth-order valence-corrected chi connectivity index (χ4v) is 0.362. The number of ether oxygens (including phenoxy) is 1. The van der Waals surface area contributed by atoms with Gasteiger partial charge < -0.3 is 4.74 Å².